The van der Waals surface area contributed by atoms with Gasteiger partial charge in [0, 0.05) is 32.0 Å². The molecule has 8 heteroatoms. The average molecular weight is 368 g/mol. The summed E-state index contributed by atoms with van der Waals surface area (Å²) >= 11 is 0. The Labute approximate surface area is 157 Å². The molecule has 1 amide bonds. The molecule has 4 heterocycles. The molecule has 4 rings (SSSR count). The number of imidazole rings is 1. The van der Waals surface area contributed by atoms with Crippen molar-refractivity contribution in [3.63, 3.8) is 0 Å². The third-order valence-corrected chi connectivity index (χ3v) is 5.20. The maximum absolute atomic E-state index is 12.9. The lowest BCUT2D eigenvalue weighted by Crippen LogP contribution is -2.42. The standard InChI is InChI=1S/C19H24N6O2/c1-14-4-2-7-25-17(9-20-19(14)25)8-18(27)23-6-3-5-15(10-23)11-24-12-16(13-26)21-22-24/h2,4,7,9,12,15,26H,3,5-6,8,10-11,13H2,1H3/t15-/m0/s1. The molecular weight excluding hydrogens is 344 g/mol. The second-order valence-corrected chi connectivity index (χ2v) is 7.25. The maximum atomic E-state index is 12.9. The molecule has 0 bridgehead atoms. The van der Waals surface area contributed by atoms with Crippen LogP contribution < -0.4 is 0 Å². The number of aliphatic hydroxyl groups excluding tert-OH is 1. The molecule has 1 aliphatic rings. The summed E-state index contributed by atoms with van der Waals surface area (Å²) < 4.78 is 3.76. The number of rotatable bonds is 5. The molecule has 0 saturated carbocycles. The number of hydrogen-bond acceptors (Lipinski definition) is 5. The predicted octanol–water partition coefficient (Wildman–Crippen LogP) is 1.21. The summed E-state index contributed by atoms with van der Waals surface area (Å²) in [7, 11) is 0. The molecule has 1 fully saturated rings. The first kappa shape index (κ1) is 17.7. The Morgan fingerprint density at radius 1 is 1.41 bits per heavy atom. The quantitative estimate of drug-likeness (QED) is 0.731. The average Bonchev–Trinajstić information content (AvgIpc) is 3.30. The van der Waals surface area contributed by atoms with E-state index in [4.69, 9.17) is 5.11 Å². The summed E-state index contributed by atoms with van der Waals surface area (Å²) in [6, 6.07) is 4.00. The van der Waals surface area contributed by atoms with Crippen molar-refractivity contribution in [1.29, 1.82) is 0 Å². The van der Waals surface area contributed by atoms with Crippen molar-refractivity contribution in [2.75, 3.05) is 13.1 Å². The smallest absolute Gasteiger partial charge is 0.228 e. The first-order valence-electron chi connectivity index (χ1n) is 9.33. The second kappa shape index (κ2) is 7.48. The number of nitrogens with zero attached hydrogens (tertiary/aromatic N) is 6. The molecule has 1 atom stereocenters. The topological polar surface area (TPSA) is 88.5 Å². The summed E-state index contributed by atoms with van der Waals surface area (Å²) in [6.45, 7) is 4.16. The zero-order chi connectivity index (χ0) is 18.8. The lowest BCUT2D eigenvalue weighted by atomic mass is 9.97. The lowest BCUT2D eigenvalue weighted by Gasteiger charge is -2.32. The summed E-state index contributed by atoms with van der Waals surface area (Å²) in [6.07, 6.45) is 7.93. The summed E-state index contributed by atoms with van der Waals surface area (Å²) in [5.74, 6) is 0.484. The number of aliphatic hydroxyl groups is 1. The van der Waals surface area contributed by atoms with Gasteiger partial charge in [-0.05, 0) is 37.3 Å². The normalized spacial score (nSPS) is 17.6. The van der Waals surface area contributed by atoms with Gasteiger partial charge in [-0.1, -0.05) is 11.3 Å². The number of likely N-dealkylation sites (tertiary alicyclic amines) is 1. The van der Waals surface area contributed by atoms with Gasteiger partial charge in [-0.25, -0.2) is 4.98 Å². The van der Waals surface area contributed by atoms with Crippen molar-refractivity contribution >= 4 is 11.6 Å². The molecule has 1 N–H and O–H groups in total. The van der Waals surface area contributed by atoms with Crippen LogP contribution >= 0.6 is 0 Å². The summed E-state index contributed by atoms with van der Waals surface area (Å²) in [5, 5.41) is 17.1. The van der Waals surface area contributed by atoms with Crippen molar-refractivity contribution in [2.24, 2.45) is 5.92 Å². The molecule has 27 heavy (non-hydrogen) atoms. The third-order valence-electron chi connectivity index (χ3n) is 5.20. The van der Waals surface area contributed by atoms with Crippen molar-refractivity contribution < 1.29 is 9.90 Å². The Hall–Kier alpha value is -2.74. The number of aromatic nitrogens is 5. The highest BCUT2D eigenvalue weighted by atomic mass is 16.3. The SMILES string of the molecule is Cc1cccn2c(CC(=O)N3CCC[C@H](Cn4cc(CO)nn4)C3)cnc12. The Bertz CT molecular complexity index is 947. The van der Waals surface area contributed by atoms with Crippen LogP contribution in [-0.4, -0.2) is 53.4 Å². The van der Waals surface area contributed by atoms with Gasteiger partial charge < -0.3 is 14.4 Å². The van der Waals surface area contributed by atoms with Crippen LogP contribution in [0.2, 0.25) is 0 Å². The fourth-order valence-electron chi connectivity index (χ4n) is 3.81. The molecule has 0 spiro atoms. The van der Waals surface area contributed by atoms with Crippen LogP contribution in [0.4, 0.5) is 0 Å². The molecule has 0 radical (unpaired) electrons. The number of pyridine rings is 1. The first-order chi connectivity index (χ1) is 13.1. The number of carbonyl (C=O) groups is 1. The largest absolute Gasteiger partial charge is 0.390 e. The lowest BCUT2D eigenvalue weighted by molar-refractivity contribution is -0.132. The number of piperidine rings is 1. The van der Waals surface area contributed by atoms with Gasteiger partial charge in [0.2, 0.25) is 5.91 Å². The highest BCUT2D eigenvalue weighted by Gasteiger charge is 2.25. The van der Waals surface area contributed by atoms with Gasteiger partial charge in [0.1, 0.15) is 11.3 Å². The zero-order valence-corrected chi connectivity index (χ0v) is 15.5. The Morgan fingerprint density at radius 2 is 2.30 bits per heavy atom. The van der Waals surface area contributed by atoms with Gasteiger partial charge >= 0.3 is 0 Å². The maximum Gasteiger partial charge on any atom is 0.228 e. The fraction of sp³-hybridized carbons (Fsp3) is 0.474. The van der Waals surface area contributed by atoms with Crippen LogP contribution in [0.15, 0.2) is 30.7 Å². The van der Waals surface area contributed by atoms with E-state index >= 15 is 0 Å². The molecule has 1 aliphatic heterocycles. The Kier molecular flexibility index (Phi) is 4.89. The molecule has 142 valence electrons. The van der Waals surface area contributed by atoms with Crippen molar-refractivity contribution in [3.05, 3.63) is 47.7 Å². The van der Waals surface area contributed by atoms with Gasteiger partial charge in [-0.15, -0.1) is 5.10 Å². The minimum atomic E-state index is -0.103. The molecule has 1 saturated heterocycles. The fourth-order valence-corrected chi connectivity index (χ4v) is 3.81. The number of aryl methyl sites for hydroxylation is 1. The van der Waals surface area contributed by atoms with Gasteiger partial charge in [0.05, 0.1) is 24.9 Å². The molecule has 3 aromatic heterocycles. The molecule has 0 aromatic carbocycles. The monoisotopic (exact) mass is 368 g/mol. The van der Waals surface area contributed by atoms with E-state index in [0.717, 1.165) is 42.8 Å². The predicted molar refractivity (Wildman–Crippen MR) is 98.9 cm³/mol. The van der Waals surface area contributed by atoms with Crippen molar-refractivity contribution in [2.45, 2.75) is 39.3 Å². The van der Waals surface area contributed by atoms with Crippen LogP contribution in [0.25, 0.3) is 5.65 Å². The van der Waals surface area contributed by atoms with Crippen molar-refractivity contribution in [3.8, 4) is 0 Å². The van der Waals surface area contributed by atoms with Gasteiger partial charge in [0.25, 0.3) is 0 Å². The van der Waals surface area contributed by atoms with Crippen molar-refractivity contribution in [1.82, 2.24) is 29.3 Å². The van der Waals surface area contributed by atoms with Gasteiger partial charge in [-0.3, -0.25) is 9.48 Å². The van der Waals surface area contributed by atoms with Crippen LogP contribution in [0.3, 0.4) is 0 Å². The van der Waals surface area contributed by atoms with Crippen LogP contribution in [-0.2, 0) is 24.4 Å². The number of fused-ring (bicyclic) bond motifs is 1. The highest BCUT2D eigenvalue weighted by molar-refractivity contribution is 5.78. The summed E-state index contributed by atoms with van der Waals surface area (Å²) in [4.78, 5) is 19.3. The second-order valence-electron chi connectivity index (χ2n) is 7.25. The molecule has 0 unspecified atom stereocenters. The van der Waals surface area contributed by atoms with E-state index in [-0.39, 0.29) is 12.5 Å². The van der Waals surface area contributed by atoms with Crippen LogP contribution in [0, 0.1) is 12.8 Å². The van der Waals surface area contributed by atoms with E-state index in [2.05, 4.69) is 15.3 Å². The van der Waals surface area contributed by atoms with Crippen LogP contribution in [0.1, 0.15) is 29.8 Å². The number of amides is 1. The van der Waals surface area contributed by atoms with E-state index in [9.17, 15) is 4.79 Å². The molecule has 0 aliphatic carbocycles. The number of carbonyl (C=O) groups excluding carboxylic acids is 1. The summed E-state index contributed by atoms with van der Waals surface area (Å²) in [5.41, 5.74) is 3.50. The number of hydrogen-bond donors (Lipinski definition) is 1. The third kappa shape index (κ3) is 3.71. The minimum absolute atomic E-state index is 0.103. The molecule has 8 nitrogen and oxygen atoms in total. The first-order valence-corrected chi connectivity index (χ1v) is 9.33. The van der Waals surface area contributed by atoms with Gasteiger partial charge in [0.15, 0.2) is 0 Å². The Morgan fingerprint density at radius 3 is 3.11 bits per heavy atom. The highest BCUT2D eigenvalue weighted by Crippen LogP contribution is 2.20. The molecule has 3 aromatic rings. The van der Waals surface area contributed by atoms with Crippen LogP contribution in [0.5, 0.6) is 0 Å². The minimum Gasteiger partial charge on any atom is -0.390 e. The van der Waals surface area contributed by atoms with Gasteiger partial charge in [-0.2, -0.15) is 0 Å². The zero-order valence-electron chi connectivity index (χ0n) is 15.5. The molecular formula is C19H24N6O2. The van der Waals surface area contributed by atoms with E-state index in [1.54, 1.807) is 17.1 Å². The van der Waals surface area contributed by atoms with E-state index in [0.29, 0.717) is 24.6 Å². The van der Waals surface area contributed by atoms with E-state index in [1.165, 1.54) is 0 Å². The van der Waals surface area contributed by atoms with E-state index < -0.39 is 0 Å². The Balaban J connectivity index is 1.41. The van der Waals surface area contributed by atoms with E-state index in [1.807, 2.05) is 34.6 Å².